The average Bonchev–Trinajstić information content (AvgIpc) is 3.23. The molecule has 6 nitrogen and oxygen atoms in total. The molecule has 2 aromatic carbocycles. The molecule has 2 amide bonds. The molecule has 1 saturated heterocycles. The lowest BCUT2D eigenvalue weighted by Crippen LogP contribution is -2.35. The fourth-order valence-corrected chi connectivity index (χ4v) is 4.15. The fraction of sp³-hybridized carbons (Fsp3) is 0.391. The van der Waals surface area contributed by atoms with Crippen LogP contribution in [0, 0.1) is 0 Å². The van der Waals surface area contributed by atoms with Crippen LogP contribution in [-0.4, -0.2) is 36.5 Å². The summed E-state index contributed by atoms with van der Waals surface area (Å²) in [5.74, 6) is 1.40. The lowest BCUT2D eigenvalue weighted by Gasteiger charge is -2.28. The number of benzene rings is 2. The van der Waals surface area contributed by atoms with E-state index in [2.05, 4.69) is 5.32 Å². The summed E-state index contributed by atoms with van der Waals surface area (Å²) in [5.41, 5.74) is 2.00. The van der Waals surface area contributed by atoms with Crippen LogP contribution < -0.4 is 14.8 Å². The van der Waals surface area contributed by atoms with Crippen LogP contribution in [0.25, 0.3) is 0 Å². The van der Waals surface area contributed by atoms with Gasteiger partial charge in [-0.1, -0.05) is 36.4 Å². The van der Waals surface area contributed by atoms with Crippen molar-refractivity contribution >= 4 is 11.8 Å². The van der Waals surface area contributed by atoms with E-state index in [4.69, 9.17) is 9.47 Å². The van der Waals surface area contributed by atoms with Crippen molar-refractivity contribution in [2.24, 2.45) is 0 Å². The van der Waals surface area contributed by atoms with Gasteiger partial charge in [0.2, 0.25) is 11.8 Å². The summed E-state index contributed by atoms with van der Waals surface area (Å²) >= 11 is 0. The quantitative estimate of drug-likeness (QED) is 0.844. The summed E-state index contributed by atoms with van der Waals surface area (Å²) in [6, 6.07) is 15.3. The molecule has 0 radical (unpaired) electrons. The zero-order valence-electron chi connectivity index (χ0n) is 16.6. The molecule has 1 N–H and O–H groups in total. The molecule has 152 valence electrons. The Labute approximate surface area is 170 Å². The van der Waals surface area contributed by atoms with E-state index in [-0.39, 0.29) is 30.3 Å². The first-order chi connectivity index (χ1) is 14.1. The van der Waals surface area contributed by atoms with Crippen molar-refractivity contribution in [3.63, 3.8) is 0 Å². The van der Waals surface area contributed by atoms with E-state index in [9.17, 15) is 9.59 Å². The predicted molar refractivity (Wildman–Crippen MR) is 109 cm³/mol. The van der Waals surface area contributed by atoms with Gasteiger partial charge in [-0.15, -0.1) is 0 Å². The summed E-state index contributed by atoms with van der Waals surface area (Å²) in [6.45, 7) is 3.30. The Morgan fingerprint density at radius 3 is 2.62 bits per heavy atom. The molecule has 2 atom stereocenters. The van der Waals surface area contributed by atoms with Crippen molar-refractivity contribution in [2.75, 3.05) is 19.8 Å². The molecule has 1 fully saturated rings. The Balaban J connectivity index is 1.51. The molecule has 0 unspecified atom stereocenters. The van der Waals surface area contributed by atoms with Crippen molar-refractivity contribution in [3.05, 3.63) is 59.7 Å². The normalized spacial score (nSPS) is 18.9. The third-order valence-electron chi connectivity index (χ3n) is 5.48. The topological polar surface area (TPSA) is 67.9 Å². The van der Waals surface area contributed by atoms with Gasteiger partial charge in [0.15, 0.2) is 11.5 Å². The number of ether oxygens (including phenoxy) is 2. The molecular weight excluding hydrogens is 368 g/mol. The summed E-state index contributed by atoms with van der Waals surface area (Å²) in [4.78, 5) is 26.8. The number of hydrogen-bond acceptors (Lipinski definition) is 4. The van der Waals surface area contributed by atoms with Crippen molar-refractivity contribution in [3.8, 4) is 11.5 Å². The lowest BCUT2D eigenvalue weighted by atomic mass is 10.0. The van der Waals surface area contributed by atoms with Gasteiger partial charge < -0.3 is 19.7 Å². The van der Waals surface area contributed by atoms with Gasteiger partial charge >= 0.3 is 0 Å². The second-order valence-corrected chi connectivity index (χ2v) is 7.52. The van der Waals surface area contributed by atoms with Crippen molar-refractivity contribution < 1.29 is 19.1 Å². The number of carbonyl (C=O) groups excluding carboxylic acids is 2. The lowest BCUT2D eigenvalue weighted by molar-refractivity contribution is -0.133. The number of fused-ring (bicyclic) bond motifs is 1. The molecule has 2 aliphatic rings. The summed E-state index contributed by atoms with van der Waals surface area (Å²) in [6.07, 6.45) is 2.12. The smallest absolute Gasteiger partial charge is 0.225 e. The molecule has 2 heterocycles. The first kappa shape index (κ1) is 19.3. The Morgan fingerprint density at radius 1 is 1.10 bits per heavy atom. The van der Waals surface area contributed by atoms with Gasteiger partial charge in [0.1, 0.15) is 13.2 Å². The van der Waals surface area contributed by atoms with Crippen molar-refractivity contribution in [1.29, 1.82) is 0 Å². The van der Waals surface area contributed by atoms with E-state index in [1.807, 2.05) is 53.4 Å². The number of carbonyl (C=O) groups is 2. The van der Waals surface area contributed by atoms with Gasteiger partial charge in [-0.2, -0.15) is 0 Å². The highest BCUT2D eigenvalue weighted by Crippen LogP contribution is 2.38. The first-order valence-electron chi connectivity index (χ1n) is 10.1. The number of nitrogens with zero attached hydrogens (tertiary/aromatic N) is 1. The van der Waals surface area contributed by atoms with E-state index in [1.165, 1.54) is 6.92 Å². The highest BCUT2D eigenvalue weighted by Gasteiger charge is 2.32. The minimum atomic E-state index is -0.331. The van der Waals surface area contributed by atoms with Crippen molar-refractivity contribution in [1.82, 2.24) is 10.2 Å². The SMILES string of the molecule is CC(=O)N[C@H](CC(=O)N1CCC[C@H]1c1ccc2c(c1)OCCO2)c1ccccc1. The maximum absolute atomic E-state index is 13.2. The zero-order valence-corrected chi connectivity index (χ0v) is 16.6. The summed E-state index contributed by atoms with van der Waals surface area (Å²) < 4.78 is 11.3. The zero-order chi connectivity index (χ0) is 20.2. The Kier molecular flexibility index (Phi) is 5.69. The standard InChI is InChI=1S/C23H26N2O4/c1-16(26)24-19(17-6-3-2-4-7-17)15-23(27)25-11-5-8-20(25)18-9-10-21-22(14-18)29-13-12-28-21/h2-4,6-7,9-10,14,19-20H,5,8,11-13,15H2,1H3,(H,24,26)/t19-,20+/m1/s1. The molecule has 0 bridgehead atoms. The monoisotopic (exact) mass is 394 g/mol. The number of likely N-dealkylation sites (tertiary alicyclic amines) is 1. The van der Waals surface area contributed by atoms with Crippen LogP contribution in [0.4, 0.5) is 0 Å². The van der Waals surface area contributed by atoms with Gasteiger partial charge in [0.25, 0.3) is 0 Å². The van der Waals surface area contributed by atoms with Gasteiger partial charge in [-0.05, 0) is 36.1 Å². The first-order valence-corrected chi connectivity index (χ1v) is 10.1. The summed E-state index contributed by atoms with van der Waals surface area (Å²) in [7, 11) is 0. The highest BCUT2D eigenvalue weighted by molar-refractivity contribution is 5.80. The molecule has 0 spiro atoms. The van der Waals surface area contributed by atoms with E-state index < -0.39 is 0 Å². The molecular formula is C23H26N2O4. The molecule has 29 heavy (non-hydrogen) atoms. The van der Waals surface area contributed by atoms with E-state index in [1.54, 1.807) is 0 Å². The largest absolute Gasteiger partial charge is 0.486 e. The van der Waals surface area contributed by atoms with Crippen LogP contribution in [0.15, 0.2) is 48.5 Å². The van der Waals surface area contributed by atoms with Crippen LogP contribution in [0.5, 0.6) is 11.5 Å². The van der Waals surface area contributed by atoms with Gasteiger partial charge in [0.05, 0.1) is 18.5 Å². The Hall–Kier alpha value is -3.02. The molecule has 2 aromatic rings. The third-order valence-corrected chi connectivity index (χ3v) is 5.48. The van der Waals surface area contributed by atoms with Crippen molar-refractivity contribution in [2.45, 2.75) is 38.3 Å². The molecule has 0 saturated carbocycles. The number of hydrogen-bond donors (Lipinski definition) is 1. The van der Waals surface area contributed by atoms with E-state index in [0.29, 0.717) is 13.2 Å². The summed E-state index contributed by atoms with van der Waals surface area (Å²) in [5, 5.41) is 2.92. The third kappa shape index (κ3) is 4.36. The minimum absolute atomic E-state index is 0.0204. The Morgan fingerprint density at radius 2 is 1.86 bits per heavy atom. The second kappa shape index (κ2) is 8.55. The average molecular weight is 394 g/mol. The van der Waals surface area contributed by atoms with Crippen LogP contribution in [0.3, 0.4) is 0 Å². The van der Waals surface area contributed by atoms with Crippen LogP contribution >= 0.6 is 0 Å². The molecule has 0 aliphatic carbocycles. The number of rotatable bonds is 5. The molecule has 4 rings (SSSR count). The fourth-order valence-electron chi connectivity index (χ4n) is 4.15. The van der Waals surface area contributed by atoms with Crippen LogP contribution in [-0.2, 0) is 9.59 Å². The molecule has 0 aromatic heterocycles. The minimum Gasteiger partial charge on any atom is -0.486 e. The Bertz CT molecular complexity index is 884. The maximum atomic E-state index is 13.2. The molecule has 2 aliphatic heterocycles. The second-order valence-electron chi connectivity index (χ2n) is 7.52. The maximum Gasteiger partial charge on any atom is 0.225 e. The van der Waals surface area contributed by atoms with Crippen LogP contribution in [0.1, 0.15) is 49.4 Å². The van der Waals surface area contributed by atoms with E-state index in [0.717, 1.165) is 42.0 Å². The van der Waals surface area contributed by atoms with Gasteiger partial charge in [-0.25, -0.2) is 0 Å². The van der Waals surface area contributed by atoms with E-state index >= 15 is 0 Å². The molecule has 6 heteroatoms. The predicted octanol–water partition coefficient (Wildman–Crippen LogP) is 3.39. The number of nitrogens with one attached hydrogen (secondary N) is 1. The number of amides is 2. The van der Waals surface area contributed by atoms with Gasteiger partial charge in [0, 0.05) is 13.5 Å². The highest BCUT2D eigenvalue weighted by atomic mass is 16.6. The van der Waals surface area contributed by atoms with Gasteiger partial charge in [-0.3, -0.25) is 9.59 Å². The van der Waals surface area contributed by atoms with Crippen LogP contribution in [0.2, 0.25) is 0 Å².